The van der Waals surface area contributed by atoms with Gasteiger partial charge >= 0.3 is 0 Å². The number of anilines is 1. The molecule has 2 aliphatic rings. The number of hydrogen-bond donors (Lipinski definition) is 2. The maximum atomic E-state index is 15.2. The molecule has 0 aliphatic heterocycles. The third-order valence-corrected chi connectivity index (χ3v) is 7.98. The van der Waals surface area contributed by atoms with Crippen LogP contribution in [0.1, 0.15) is 39.5 Å². The lowest BCUT2D eigenvalue weighted by Gasteiger charge is -2.18. The average Bonchev–Trinajstić information content (AvgIpc) is 3.86. The molecule has 1 fully saturated rings. The molecule has 1 atom stereocenters. The van der Waals surface area contributed by atoms with Crippen molar-refractivity contribution < 1.29 is 32.6 Å². The van der Waals surface area contributed by atoms with E-state index < -0.39 is 29.2 Å². The molecule has 5 rings (SSSR count). The minimum atomic E-state index is -1.26. The van der Waals surface area contributed by atoms with Crippen LogP contribution in [0, 0.1) is 11.2 Å². The number of halogens is 2. The molecule has 2 amide bonds. The van der Waals surface area contributed by atoms with Gasteiger partial charge in [0.1, 0.15) is 17.9 Å². The molecule has 2 aromatic carbocycles. The Labute approximate surface area is 260 Å². The molecule has 12 heteroatoms. The van der Waals surface area contributed by atoms with Gasteiger partial charge in [-0.2, -0.15) is 0 Å². The van der Waals surface area contributed by atoms with Gasteiger partial charge in [0, 0.05) is 36.5 Å². The molecule has 0 saturated heterocycles. The molecule has 3 aromatic rings. The van der Waals surface area contributed by atoms with E-state index in [9.17, 15) is 14.0 Å². The molecular weight excluding hydrogens is 584 g/mol. The van der Waals surface area contributed by atoms with Gasteiger partial charge in [-0.1, -0.05) is 19.9 Å². The zero-order chi connectivity index (χ0) is 32.0. The monoisotopic (exact) mass is 621 g/mol. The Morgan fingerprint density at radius 2 is 1.82 bits per heavy atom. The molecule has 1 heterocycles. The van der Waals surface area contributed by atoms with Gasteiger partial charge in [-0.15, -0.1) is 0 Å². The molecule has 2 N–H and O–H groups in total. The second-order valence-electron chi connectivity index (χ2n) is 10.9. The van der Waals surface area contributed by atoms with E-state index in [1.807, 2.05) is 0 Å². The predicted molar refractivity (Wildman–Crippen MR) is 166 cm³/mol. The number of alkyl halides is 1. The summed E-state index contributed by atoms with van der Waals surface area (Å²) in [6, 6.07) is 7.38. The standard InChI is InChI=1S/C33H37F2N5O5/c1-4-40(5-2)15-6-16-44-29-19-26-24(18-28(29)43-3)30(37-20-36-26)45-27-12-11-23(17-25(27)35)39-32(42)33(13-14-33)31(41)38-22-9-7-21(34)8-10-22/h7,9-12,17-21H,4-6,8,13-16H2,1-3H3,(H,38,41)(H,39,42). The fourth-order valence-electron chi connectivity index (χ4n) is 5.04. The summed E-state index contributed by atoms with van der Waals surface area (Å²) in [6.45, 7) is 7.64. The van der Waals surface area contributed by atoms with E-state index in [4.69, 9.17) is 14.2 Å². The minimum absolute atomic E-state index is 0.112. The highest BCUT2D eigenvalue weighted by atomic mass is 19.1. The second kappa shape index (κ2) is 14.0. The Morgan fingerprint density at radius 3 is 2.49 bits per heavy atom. The lowest BCUT2D eigenvalue weighted by atomic mass is 10.0. The SMILES string of the molecule is CCN(CC)CCCOc1cc2ncnc(Oc3ccc(NC(=O)C4(C(=O)NC5=CCC(F)C=C5)CC4)cc3F)c2cc1OC. The molecule has 2 aliphatic carbocycles. The number of carbonyl (C=O) groups is 2. The Morgan fingerprint density at radius 1 is 1.04 bits per heavy atom. The average molecular weight is 622 g/mol. The maximum absolute atomic E-state index is 15.2. The first-order valence-corrected chi connectivity index (χ1v) is 15.1. The van der Waals surface area contributed by atoms with E-state index in [-0.39, 0.29) is 23.7 Å². The van der Waals surface area contributed by atoms with E-state index >= 15 is 4.39 Å². The molecule has 0 spiro atoms. The smallest absolute Gasteiger partial charge is 0.240 e. The highest BCUT2D eigenvalue weighted by molar-refractivity contribution is 6.13. The van der Waals surface area contributed by atoms with Gasteiger partial charge in [-0.05, 0) is 62.7 Å². The Hall–Kier alpha value is -4.58. The largest absolute Gasteiger partial charge is 0.493 e. The third-order valence-electron chi connectivity index (χ3n) is 7.98. The van der Waals surface area contributed by atoms with E-state index in [0.717, 1.165) is 32.1 Å². The first-order chi connectivity index (χ1) is 21.8. The van der Waals surface area contributed by atoms with Crippen LogP contribution < -0.4 is 24.8 Å². The van der Waals surface area contributed by atoms with Crippen LogP contribution in [-0.4, -0.2) is 66.2 Å². The van der Waals surface area contributed by atoms with Crippen LogP contribution in [0.4, 0.5) is 14.5 Å². The van der Waals surface area contributed by atoms with Crippen molar-refractivity contribution in [2.75, 3.05) is 38.7 Å². The zero-order valence-corrected chi connectivity index (χ0v) is 25.6. The number of nitrogens with one attached hydrogen (secondary N) is 2. The van der Waals surface area contributed by atoms with E-state index in [1.54, 1.807) is 18.2 Å². The number of carbonyl (C=O) groups excluding carboxylic acids is 2. The molecule has 1 unspecified atom stereocenters. The maximum Gasteiger partial charge on any atom is 0.240 e. The first kappa shape index (κ1) is 31.8. The summed E-state index contributed by atoms with van der Waals surface area (Å²) in [5.74, 6) is -0.783. The minimum Gasteiger partial charge on any atom is -0.493 e. The number of fused-ring (bicyclic) bond motifs is 1. The number of aromatic nitrogens is 2. The number of rotatable bonds is 14. The molecule has 238 valence electrons. The summed E-state index contributed by atoms with van der Waals surface area (Å²) in [5, 5.41) is 5.82. The van der Waals surface area contributed by atoms with Crippen molar-refractivity contribution >= 4 is 28.4 Å². The zero-order valence-electron chi connectivity index (χ0n) is 25.6. The lowest BCUT2D eigenvalue weighted by molar-refractivity contribution is -0.133. The van der Waals surface area contributed by atoms with Gasteiger partial charge in [0.25, 0.3) is 0 Å². The van der Waals surface area contributed by atoms with Crippen molar-refractivity contribution in [1.82, 2.24) is 20.2 Å². The summed E-state index contributed by atoms with van der Waals surface area (Å²) in [5.41, 5.74) is -0.122. The van der Waals surface area contributed by atoms with Gasteiger partial charge in [0.2, 0.25) is 17.7 Å². The van der Waals surface area contributed by atoms with Gasteiger partial charge in [0.15, 0.2) is 23.1 Å². The van der Waals surface area contributed by atoms with Crippen LogP contribution >= 0.6 is 0 Å². The summed E-state index contributed by atoms with van der Waals surface area (Å²) in [4.78, 5) is 36.7. The molecule has 45 heavy (non-hydrogen) atoms. The predicted octanol–water partition coefficient (Wildman–Crippen LogP) is 5.70. The van der Waals surface area contributed by atoms with Crippen molar-refractivity contribution in [2.24, 2.45) is 5.41 Å². The number of ether oxygens (including phenoxy) is 3. The number of methoxy groups -OCH3 is 1. The fourth-order valence-corrected chi connectivity index (χ4v) is 5.04. The van der Waals surface area contributed by atoms with Crippen molar-refractivity contribution in [3.05, 3.63) is 66.4 Å². The lowest BCUT2D eigenvalue weighted by Crippen LogP contribution is -2.39. The summed E-state index contributed by atoms with van der Waals surface area (Å²) in [7, 11) is 1.53. The number of allylic oxidation sites excluding steroid dienone is 3. The normalized spacial score (nSPS) is 16.7. The van der Waals surface area contributed by atoms with Gasteiger partial charge in [0.05, 0.1) is 24.6 Å². The summed E-state index contributed by atoms with van der Waals surface area (Å²) < 4.78 is 45.9. The van der Waals surface area contributed by atoms with Crippen molar-refractivity contribution in [1.29, 1.82) is 0 Å². The van der Waals surface area contributed by atoms with Crippen LogP contribution in [-0.2, 0) is 9.59 Å². The molecule has 0 bridgehead atoms. The highest BCUT2D eigenvalue weighted by Gasteiger charge is 2.56. The number of amides is 2. The van der Waals surface area contributed by atoms with E-state index in [0.29, 0.717) is 47.5 Å². The second-order valence-corrected chi connectivity index (χ2v) is 10.9. The van der Waals surface area contributed by atoms with Crippen LogP contribution in [0.3, 0.4) is 0 Å². The topological polar surface area (TPSA) is 115 Å². The Kier molecular flexibility index (Phi) is 9.92. The van der Waals surface area contributed by atoms with Crippen LogP contribution in [0.5, 0.6) is 23.1 Å². The number of nitrogens with zero attached hydrogens (tertiary/aromatic N) is 3. The summed E-state index contributed by atoms with van der Waals surface area (Å²) in [6.07, 6.45) is 6.34. The molecule has 1 aromatic heterocycles. The van der Waals surface area contributed by atoms with Crippen LogP contribution in [0.2, 0.25) is 0 Å². The van der Waals surface area contributed by atoms with Crippen LogP contribution in [0.25, 0.3) is 10.9 Å². The Bertz CT molecular complexity index is 1620. The van der Waals surface area contributed by atoms with Crippen LogP contribution in [0.15, 0.2) is 60.6 Å². The molecule has 1 saturated carbocycles. The molecule has 0 radical (unpaired) electrons. The number of hydrogen-bond acceptors (Lipinski definition) is 8. The summed E-state index contributed by atoms with van der Waals surface area (Å²) >= 11 is 0. The highest BCUT2D eigenvalue weighted by Crippen LogP contribution is 2.47. The van der Waals surface area contributed by atoms with E-state index in [2.05, 4.69) is 39.3 Å². The molecule has 10 nitrogen and oxygen atoms in total. The van der Waals surface area contributed by atoms with E-state index in [1.165, 1.54) is 37.7 Å². The Balaban J connectivity index is 1.24. The van der Waals surface area contributed by atoms with Gasteiger partial charge in [-0.25, -0.2) is 18.7 Å². The van der Waals surface area contributed by atoms with Crippen molar-refractivity contribution in [3.8, 4) is 23.1 Å². The number of benzene rings is 2. The quantitative estimate of drug-likeness (QED) is 0.174. The third kappa shape index (κ3) is 7.39. The molecular formula is C33H37F2N5O5. The first-order valence-electron chi connectivity index (χ1n) is 15.1. The van der Waals surface area contributed by atoms with Gasteiger partial charge < -0.3 is 29.7 Å². The van der Waals surface area contributed by atoms with Gasteiger partial charge in [-0.3, -0.25) is 9.59 Å². The van der Waals surface area contributed by atoms with Crippen molar-refractivity contribution in [2.45, 2.75) is 45.7 Å². The fraction of sp³-hybridized carbons (Fsp3) is 0.394. The van der Waals surface area contributed by atoms with Crippen molar-refractivity contribution in [3.63, 3.8) is 0 Å².